The number of piperidine rings is 1. The van der Waals surface area contributed by atoms with Crippen LogP contribution in [0.25, 0.3) is 0 Å². The molecule has 1 fully saturated rings. The Balaban J connectivity index is 2.18. The molecule has 110 valence electrons. The van der Waals surface area contributed by atoms with E-state index in [9.17, 15) is 9.18 Å². The Morgan fingerprint density at radius 1 is 1.55 bits per heavy atom. The van der Waals surface area contributed by atoms with Gasteiger partial charge in [0.25, 0.3) is 0 Å². The van der Waals surface area contributed by atoms with Crippen molar-refractivity contribution in [2.75, 3.05) is 25.0 Å². The molecule has 1 heterocycles. The van der Waals surface area contributed by atoms with E-state index in [-0.39, 0.29) is 23.7 Å². The van der Waals surface area contributed by atoms with Gasteiger partial charge in [0.2, 0.25) is 5.91 Å². The highest BCUT2D eigenvalue weighted by Gasteiger charge is 2.25. The lowest BCUT2D eigenvalue weighted by atomic mass is 9.96. The summed E-state index contributed by atoms with van der Waals surface area (Å²) in [5.41, 5.74) is 6.83. The molecular weight excluding hydrogens is 257 g/mol. The van der Waals surface area contributed by atoms with Crippen LogP contribution in [-0.2, 0) is 4.79 Å². The van der Waals surface area contributed by atoms with E-state index in [1.54, 1.807) is 12.1 Å². The summed E-state index contributed by atoms with van der Waals surface area (Å²) in [6.07, 6.45) is 1.66. The van der Waals surface area contributed by atoms with Gasteiger partial charge in [-0.1, -0.05) is 6.07 Å². The number of carbonyl (C=O) groups is 1. The normalized spacial score (nSPS) is 20.8. The van der Waals surface area contributed by atoms with Gasteiger partial charge in [0.05, 0.1) is 11.6 Å². The van der Waals surface area contributed by atoms with Crippen LogP contribution in [-0.4, -0.2) is 26.0 Å². The summed E-state index contributed by atoms with van der Waals surface area (Å²) in [5, 5.41) is 3.09. The van der Waals surface area contributed by atoms with E-state index in [2.05, 4.69) is 5.32 Å². The monoisotopic (exact) mass is 279 g/mol. The van der Waals surface area contributed by atoms with Crippen LogP contribution < -0.4 is 16.0 Å². The Labute approximate surface area is 119 Å². The van der Waals surface area contributed by atoms with Gasteiger partial charge in [0.1, 0.15) is 5.82 Å². The van der Waals surface area contributed by atoms with E-state index in [1.165, 1.54) is 0 Å². The van der Waals surface area contributed by atoms with Crippen molar-refractivity contribution in [3.8, 4) is 0 Å². The van der Waals surface area contributed by atoms with Crippen LogP contribution in [0.2, 0.25) is 0 Å². The lowest BCUT2D eigenvalue weighted by Crippen LogP contribution is -2.41. The van der Waals surface area contributed by atoms with Crippen molar-refractivity contribution in [1.29, 1.82) is 0 Å². The van der Waals surface area contributed by atoms with Gasteiger partial charge in [0.15, 0.2) is 0 Å². The van der Waals surface area contributed by atoms with Crippen molar-refractivity contribution < 1.29 is 9.18 Å². The molecule has 1 aliphatic rings. The molecule has 0 aliphatic carbocycles. The third kappa shape index (κ3) is 3.10. The molecule has 4 nitrogen and oxygen atoms in total. The summed E-state index contributed by atoms with van der Waals surface area (Å²) in [6.45, 7) is 3.26. The largest absolute Gasteiger partial charge is 0.369 e. The van der Waals surface area contributed by atoms with Crippen LogP contribution >= 0.6 is 0 Å². The number of primary amides is 1. The molecule has 0 bridgehead atoms. The second kappa shape index (κ2) is 6.22. The van der Waals surface area contributed by atoms with Crippen LogP contribution in [0.1, 0.15) is 31.4 Å². The number of nitrogens with one attached hydrogen (secondary N) is 1. The number of rotatable bonds is 4. The molecule has 2 unspecified atom stereocenters. The predicted molar refractivity (Wildman–Crippen MR) is 78.0 cm³/mol. The minimum Gasteiger partial charge on any atom is -0.369 e. The number of hydrogen-bond donors (Lipinski definition) is 2. The van der Waals surface area contributed by atoms with Crippen molar-refractivity contribution in [3.63, 3.8) is 0 Å². The van der Waals surface area contributed by atoms with Crippen molar-refractivity contribution >= 4 is 11.6 Å². The zero-order valence-corrected chi connectivity index (χ0v) is 12.0. The SMILES string of the molecule is CNC(C)c1ccc(N2CCCC(C(N)=O)C2)c(F)c1. The fourth-order valence-electron chi connectivity index (χ4n) is 2.64. The number of halogens is 1. The summed E-state index contributed by atoms with van der Waals surface area (Å²) in [4.78, 5) is 13.2. The fraction of sp³-hybridized carbons (Fsp3) is 0.533. The Hall–Kier alpha value is -1.62. The Kier molecular flexibility index (Phi) is 4.60. The summed E-state index contributed by atoms with van der Waals surface area (Å²) < 4.78 is 14.3. The van der Waals surface area contributed by atoms with Crippen LogP contribution in [0.15, 0.2) is 18.2 Å². The maximum atomic E-state index is 14.3. The average molecular weight is 279 g/mol. The molecule has 1 aromatic rings. The molecule has 5 heteroatoms. The number of nitrogens with zero attached hydrogens (tertiary/aromatic N) is 1. The molecule has 0 spiro atoms. The summed E-state index contributed by atoms with van der Waals surface area (Å²) >= 11 is 0. The van der Waals surface area contributed by atoms with Crippen LogP contribution in [0.4, 0.5) is 10.1 Å². The molecule has 2 atom stereocenters. The maximum Gasteiger partial charge on any atom is 0.222 e. The number of hydrogen-bond acceptors (Lipinski definition) is 3. The molecule has 0 saturated carbocycles. The van der Waals surface area contributed by atoms with Gasteiger partial charge in [-0.05, 0) is 44.5 Å². The molecule has 2 rings (SSSR count). The number of anilines is 1. The van der Waals surface area contributed by atoms with Crippen LogP contribution in [0, 0.1) is 11.7 Å². The summed E-state index contributed by atoms with van der Waals surface area (Å²) in [5.74, 6) is -0.718. The van der Waals surface area contributed by atoms with Crippen molar-refractivity contribution in [1.82, 2.24) is 5.32 Å². The molecule has 1 aliphatic heterocycles. The average Bonchev–Trinajstić information content (AvgIpc) is 2.46. The van der Waals surface area contributed by atoms with Crippen molar-refractivity contribution in [3.05, 3.63) is 29.6 Å². The van der Waals surface area contributed by atoms with E-state index in [0.717, 1.165) is 24.9 Å². The minimum absolute atomic E-state index is 0.110. The first-order chi connectivity index (χ1) is 9.52. The molecule has 3 N–H and O–H groups in total. The van der Waals surface area contributed by atoms with Gasteiger partial charge in [-0.15, -0.1) is 0 Å². The van der Waals surface area contributed by atoms with Crippen molar-refractivity contribution in [2.45, 2.75) is 25.8 Å². The number of carbonyl (C=O) groups excluding carboxylic acids is 1. The molecule has 1 saturated heterocycles. The van der Waals surface area contributed by atoms with E-state index in [4.69, 9.17) is 5.73 Å². The van der Waals surface area contributed by atoms with Gasteiger partial charge in [-0.25, -0.2) is 4.39 Å². The standard InChI is InChI=1S/C15H22FN3O/c1-10(18-2)11-5-6-14(13(16)8-11)19-7-3-4-12(9-19)15(17)20/h5-6,8,10,12,18H,3-4,7,9H2,1-2H3,(H2,17,20). The van der Waals surface area contributed by atoms with Gasteiger partial charge < -0.3 is 16.0 Å². The Bertz CT molecular complexity index is 492. The third-order valence-electron chi connectivity index (χ3n) is 4.07. The quantitative estimate of drug-likeness (QED) is 0.883. The highest BCUT2D eigenvalue weighted by atomic mass is 19.1. The van der Waals surface area contributed by atoms with Gasteiger partial charge in [0, 0.05) is 19.1 Å². The second-order valence-corrected chi connectivity index (χ2v) is 5.41. The molecular formula is C15H22FN3O. The number of benzene rings is 1. The Morgan fingerprint density at radius 2 is 2.30 bits per heavy atom. The minimum atomic E-state index is -0.296. The molecule has 20 heavy (non-hydrogen) atoms. The molecule has 1 aromatic carbocycles. The van der Waals surface area contributed by atoms with Gasteiger partial charge >= 0.3 is 0 Å². The second-order valence-electron chi connectivity index (χ2n) is 5.41. The predicted octanol–water partition coefficient (Wildman–Crippen LogP) is 1.81. The first-order valence-corrected chi connectivity index (χ1v) is 7.04. The fourth-order valence-corrected chi connectivity index (χ4v) is 2.64. The highest BCUT2D eigenvalue weighted by molar-refractivity contribution is 5.77. The topological polar surface area (TPSA) is 58.4 Å². The van der Waals surface area contributed by atoms with E-state index in [0.29, 0.717) is 12.2 Å². The zero-order valence-electron chi connectivity index (χ0n) is 12.0. The highest BCUT2D eigenvalue weighted by Crippen LogP contribution is 2.27. The van der Waals surface area contributed by atoms with Gasteiger partial charge in [-0.2, -0.15) is 0 Å². The van der Waals surface area contributed by atoms with Gasteiger partial charge in [-0.3, -0.25) is 4.79 Å². The smallest absolute Gasteiger partial charge is 0.222 e. The van der Waals surface area contributed by atoms with Crippen LogP contribution in [0.5, 0.6) is 0 Å². The molecule has 1 amide bonds. The Morgan fingerprint density at radius 3 is 2.90 bits per heavy atom. The van der Waals surface area contributed by atoms with Crippen LogP contribution in [0.3, 0.4) is 0 Å². The summed E-state index contributed by atoms with van der Waals surface area (Å²) in [7, 11) is 1.85. The molecule has 0 radical (unpaired) electrons. The lowest BCUT2D eigenvalue weighted by molar-refractivity contribution is -0.122. The number of amides is 1. The molecule has 0 aromatic heterocycles. The summed E-state index contributed by atoms with van der Waals surface area (Å²) in [6, 6.07) is 5.39. The first kappa shape index (κ1) is 14.8. The van der Waals surface area contributed by atoms with Crippen molar-refractivity contribution in [2.24, 2.45) is 11.7 Å². The lowest BCUT2D eigenvalue weighted by Gasteiger charge is -2.33. The van der Waals surface area contributed by atoms with E-state index in [1.807, 2.05) is 24.9 Å². The number of nitrogens with two attached hydrogens (primary N) is 1. The van der Waals surface area contributed by atoms with E-state index >= 15 is 0 Å². The zero-order chi connectivity index (χ0) is 14.7. The maximum absolute atomic E-state index is 14.3. The first-order valence-electron chi connectivity index (χ1n) is 7.04. The third-order valence-corrected chi connectivity index (χ3v) is 4.07. The van der Waals surface area contributed by atoms with E-state index < -0.39 is 0 Å².